The molecule has 0 saturated heterocycles. The Labute approximate surface area is 469 Å². The third-order valence-corrected chi connectivity index (χ3v) is 14.4. The van der Waals surface area contributed by atoms with Crippen molar-refractivity contribution in [2.24, 2.45) is 0 Å². The third kappa shape index (κ3) is 12.6. The Morgan fingerprint density at radius 1 is 0.237 bits per heavy atom. The van der Waals surface area contributed by atoms with Crippen LogP contribution in [0.3, 0.4) is 0 Å². The summed E-state index contributed by atoms with van der Waals surface area (Å²) in [6.07, 6.45) is 14.9. The predicted molar refractivity (Wildman–Crippen MR) is 327 cm³/mol. The molecule has 0 aliphatic heterocycles. The molecule has 0 radical (unpaired) electrons. The summed E-state index contributed by atoms with van der Waals surface area (Å²) in [7, 11) is 0. The number of aromatic nitrogens is 8. The quantitative estimate of drug-likeness (QED) is 0.0221. The van der Waals surface area contributed by atoms with Crippen molar-refractivity contribution in [2.75, 3.05) is 52.9 Å². The standard InChI is InChI=1S/C64H86N8O8/c1-9-17-33-73-41-25-26-42(74-34-18-10-2)50-49(41)57-65-58(50)70-60-53-45(77-37-21-13-5)29-30-46(78-38-22-14-6)54(53)62(67-60)72-64-56-48(80-40-24-16-8)32-31-47(79-39-23-15-7)55(56)63(68-64)71-61-52-44(76-36-20-12-4)28-27-43(75-35-19-11-3)51(52)59(66-61)69-57/h25-32,65-67,69-70H,9-24,33-40H2,1-8H3,(H,68,71,72). The van der Waals surface area contributed by atoms with E-state index in [1.807, 2.05) is 48.5 Å². The van der Waals surface area contributed by atoms with Gasteiger partial charge in [0, 0.05) is 0 Å². The van der Waals surface area contributed by atoms with Crippen LogP contribution >= 0.6 is 0 Å². The number of ether oxygens (including phenoxy) is 8. The minimum Gasteiger partial charge on any atom is -0.493 e. The van der Waals surface area contributed by atoms with Crippen LogP contribution in [-0.2, 0) is 0 Å². The van der Waals surface area contributed by atoms with E-state index in [4.69, 9.17) is 47.9 Å². The van der Waals surface area contributed by atoms with Gasteiger partial charge in [-0.05, 0) is 99.9 Å². The number of aromatic amines is 6. The number of fused-ring (bicyclic) bond motifs is 20. The normalized spacial score (nSPS) is 11.7. The molecule has 16 heteroatoms. The van der Waals surface area contributed by atoms with E-state index in [9.17, 15) is 0 Å². The monoisotopic (exact) mass is 1090 g/mol. The molecule has 16 nitrogen and oxygen atoms in total. The molecular formula is C64H86N8O8. The Bertz CT molecular complexity index is 2930. The summed E-state index contributed by atoms with van der Waals surface area (Å²) in [5.41, 5.74) is 4.72. The van der Waals surface area contributed by atoms with E-state index in [1.165, 1.54) is 0 Å². The van der Waals surface area contributed by atoms with Gasteiger partial charge in [0.15, 0.2) is 0 Å². The molecule has 0 saturated carbocycles. The maximum atomic E-state index is 6.75. The molecule has 0 aliphatic carbocycles. The van der Waals surface area contributed by atoms with E-state index in [1.54, 1.807) is 0 Å². The van der Waals surface area contributed by atoms with Gasteiger partial charge in [-0.2, -0.15) is 0 Å². The van der Waals surface area contributed by atoms with Gasteiger partial charge in [0.25, 0.3) is 0 Å². The van der Waals surface area contributed by atoms with Crippen molar-refractivity contribution in [1.29, 1.82) is 0 Å². The zero-order valence-corrected chi connectivity index (χ0v) is 48.7. The topological polar surface area (TPSA) is 194 Å². The van der Waals surface area contributed by atoms with Crippen LogP contribution in [0.4, 0.5) is 0 Å². The number of hydrogen-bond acceptors (Lipinski definition) is 10. The van der Waals surface area contributed by atoms with Crippen LogP contribution in [0.15, 0.2) is 48.5 Å². The van der Waals surface area contributed by atoms with Crippen LogP contribution < -0.4 is 37.9 Å². The van der Waals surface area contributed by atoms with E-state index in [-0.39, 0.29) is 0 Å². The second kappa shape index (κ2) is 28.2. The number of hydrogen-bond donors (Lipinski definition) is 6. The van der Waals surface area contributed by atoms with Crippen molar-refractivity contribution >= 4 is 88.3 Å². The van der Waals surface area contributed by atoms with Crippen molar-refractivity contribution in [3.8, 4) is 46.0 Å². The van der Waals surface area contributed by atoms with E-state index in [0.29, 0.717) is 144 Å². The summed E-state index contributed by atoms with van der Waals surface area (Å²) in [6, 6.07) is 16.1. The molecule has 0 amide bonds. The van der Waals surface area contributed by atoms with Gasteiger partial charge < -0.3 is 67.8 Å². The third-order valence-electron chi connectivity index (χ3n) is 14.4. The van der Waals surface area contributed by atoms with Crippen LogP contribution in [0, 0.1) is 0 Å². The van der Waals surface area contributed by atoms with Crippen LogP contribution in [0.1, 0.15) is 158 Å². The highest BCUT2D eigenvalue weighted by molar-refractivity contribution is 6.17. The maximum Gasteiger partial charge on any atom is 0.145 e. The molecule has 5 heterocycles. The highest BCUT2D eigenvalue weighted by Gasteiger charge is 2.24. The second-order valence-corrected chi connectivity index (χ2v) is 20.7. The van der Waals surface area contributed by atoms with Crippen LogP contribution in [0.25, 0.3) is 88.3 Å². The van der Waals surface area contributed by atoms with E-state index in [0.717, 1.165) is 146 Å². The summed E-state index contributed by atoms with van der Waals surface area (Å²) < 4.78 is 53.9. The van der Waals surface area contributed by atoms with Gasteiger partial charge in [-0.15, -0.1) is 0 Å². The van der Waals surface area contributed by atoms with Gasteiger partial charge in [0.1, 0.15) is 91.2 Å². The minimum atomic E-state index is 0.517. The van der Waals surface area contributed by atoms with Gasteiger partial charge in [0.05, 0.1) is 95.9 Å². The van der Waals surface area contributed by atoms with Gasteiger partial charge in [-0.25, -0.2) is 9.97 Å². The highest BCUT2D eigenvalue weighted by atomic mass is 16.5. The largest absolute Gasteiger partial charge is 0.493 e. The summed E-state index contributed by atoms with van der Waals surface area (Å²) in [5.74, 6) is 5.44. The molecule has 9 aromatic rings. The van der Waals surface area contributed by atoms with Crippen molar-refractivity contribution in [1.82, 2.24) is 39.9 Å². The summed E-state index contributed by atoms with van der Waals surface area (Å²) in [6.45, 7) is 21.5. The molecule has 6 N–H and O–H groups in total. The Morgan fingerprint density at radius 2 is 0.412 bits per heavy atom. The lowest BCUT2D eigenvalue weighted by Gasteiger charge is -2.12. The summed E-state index contributed by atoms with van der Waals surface area (Å²) >= 11 is 0. The highest BCUT2D eigenvalue weighted by Crippen LogP contribution is 2.45. The SMILES string of the molecule is CCCCOc1ccc(OCCCC)c2c3nc4[nH]c([nH]c5[nH]c([nH]c6[nH]c(nc([nH]3)c12)c1c(OCCCC)ccc(OCCCC)c61)c1c(OCCCC)ccc(OCCCC)c51)c1c(OCCCC)ccc(OCCCC)c41. The van der Waals surface area contributed by atoms with Crippen molar-refractivity contribution in [2.45, 2.75) is 158 Å². The molecule has 430 valence electrons. The number of unbranched alkanes of at least 4 members (excludes halogenated alkanes) is 8. The van der Waals surface area contributed by atoms with Gasteiger partial charge in [0.2, 0.25) is 0 Å². The summed E-state index contributed by atoms with van der Waals surface area (Å²) in [4.78, 5) is 34.3. The fraction of sp³-hybridized carbons (Fsp3) is 0.500. The second-order valence-electron chi connectivity index (χ2n) is 20.7. The lowest BCUT2D eigenvalue weighted by Crippen LogP contribution is -2.00. The molecular weight excluding hydrogens is 1010 g/mol. The molecule has 0 unspecified atom stereocenters. The zero-order valence-electron chi connectivity index (χ0n) is 48.7. The molecule has 0 atom stereocenters. The van der Waals surface area contributed by atoms with E-state index in [2.05, 4.69) is 85.3 Å². The number of H-pyrrole nitrogens is 6. The number of nitrogens with zero attached hydrogens (tertiary/aromatic N) is 2. The molecule has 0 spiro atoms. The molecule has 4 aromatic carbocycles. The fourth-order valence-corrected chi connectivity index (χ4v) is 9.92. The van der Waals surface area contributed by atoms with Crippen molar-refractivity contribution < 1.29 is 37.9 Å². The average Bonchev–Trinajstić information content (AvgIpc) is 4.30. The lowest BCUT2D eigenvalue weighted by molar-refractivity contribution is 0.306. The molecule has 5 aromatic heterocycles. The molecule has 9 rings (SSSR count). The molecule has 0 aliphatic rings. The first kappa shape index (κ1) is 57.3. The molecule has 0 fully saturated rings. The Balaban J connectivity index is 1.56. The van der Waals surface area contributed by atoms with Crippen LogP contribution in [0.5, 0.6) is 46.0 Å². The fourth-order valence-electron chi connectivity index (χ4n) is 9.92. The van der Waals surface area contributed by atoms with Crippen molar-refractivity contribution in [3.05, 3.63) is 48.5 Å². The lowest BCUT2D eigenvalue weighted by atomic mass is 10.1. The van der Waals surface area contributed by atoms with Gasteiger partial charge in [-0.3, -0.25) is 0 Å². The first-order valence-corrected chi connectivity index (χ1v) is 30.1. The Hall–Kier alpha value is -7.36. The number of benzene rings is 4. The van der Waals surface area contributed by atoms with E-state index >= 15 is 0 Å². The summed E-state index contributed by atoms with van der Waals surface area (Å²) in [5, 5.41) is 6.17. The maximum absolute atomic E-state index is 6.75. The first-order valence-electron chi connectivity index (χ1n) is 30.1. The molecule has 8 bridgehead atoms. The van der Waals surface area contributed by atoms with Crippen molar-refractivity contribution in [3.63, 3.8) is 0 Å². The van der Waals surface area contributed by atoms with Crippen LogP contribution in [-0.4, -0.2) is 92.7 Å². The Morgan fingerprint density at radius 3 is 0.637 bits per heavy atom. The van der Waals surface area contributed by atoms with Gasteiger partial charge >= 0.3 is 0 Å². The van der Waals surface area contributed by atoms with Gasteiger partial charge in [-0.1, -0.05) is 107 Å². The smallest absolute Gasteiger partial charge is 0.145 e. The first-order chi connectivity index (χ1) is 39.4. The predicted octanol–water partition coefficient (Wildman–Crippen LogP) is 17.4. The number of nitrogens with one attached hydrogen (secondary N) is 6. The minimum absolute atomic E-state index is 0.517. The zero-order chi connectivity index (χ0) is 55.8. The van der Waals surface area contributed by atoms with Crippen LogP contribution in [0.2, 0.25) is 0 Å². The average molecular weight is 1100 g/mol. The number of rotatable bonds is 32. The van der Waals surface area contributed by atoms with E-state index < -0.39 is 0 Å². The molecule has 80 heavy (non-hydrogen) atoms. The Kier molecular flexibility index (Phi) is 20.2.